The van der Waals surface area contributed by atoms with Crippen molar-refractivity contribution < 1.29 is 4.79 Å². The van der Waals surface area contributed by atoms with E-state index in [9.17, 15) is 4.79 Å². The van der Waals surface area contributed by atoms with Gasteiger partial charge >= 0.3 is 0 Å². The van der Waals surface area contributed by atoms with Gasteiger partial charge < -0.3 is 5.73 Å². The van der Waals surface area contributed by atoms with E-state index in [-0.39, 0.29) is 5.69 Å². The SMILES string of the molecule is NC(=O)c1n[nH]nc1-c1cccc(Cn2cccn2)c1. The van der Waals surface area contributed by atoms with Gasteiger partial charge in [0.05, 0.1) is 6.54 Å². The Bertz CT molecular complexity index is 731. The lowest BCUT2D eigenvalue weighted by atomic mass is 10.1. The van der Waals surface area contributed by atoms with Crippen molar-refractivity contribution >= 4 is 5.91 Å². The highest BCUT2D eigenvalue weighted by atomic mass is 16.1. The summed E-state index contributed by atoms with van der Waals surface area (Å²) < 4.78 is 1.82. The van der Waals surface area contributed by atoms with Gasteiger partial charge in [-0.15, -0.1) is 0 Å². The van der Waals surface area contributed by atoms with Gasteiger partial charge in [-0.3, -0.25) is 9.48 Å². The van der Waals surface area contributed by atoms with Gasteiger partial charge in [-0.25, -0.2) is 0 Å². The Kier molecular flexibility index (Phi) is 3.00. The summed E-state index contributed by atoms with van der Waals surface area (Å²) in [5.41, 5.74) is 7.70. The molecule has 1 aromatic carbocycles. The number of hydrogen-bond donors (Lipinski definition) is 2. The molecule has 3 rings (SSSR count). The lowest BCUT2D eigenvalue weighted by Crippen LogP contribution is -2.12. The van der Waals surface area contributed by atoms with Crippen molar-refractivity contribution in [2.75, 3.05) is 0 Å². The third-order valence-electron chi connectivity index (χ3n) is 2.89. The number of nitrogens with one attached hydrogen (secondary N) is 1. The van der Waals surface area contributed by atoms with Gasteiger partial charge in [-0.2, -0.15) is 20.5 Å². The molecule has 0 atom stereocenters. The van der Waals surface area contributed by atoms with Gasteiger partial charge in [0.2, 0.25) is 0 Å². The first-order valence-electron chi connectivity index (χ1n) is 6.01. The average Bonchev–Trinajstić information content (AvgIpc) is 3.09. The first-order valence-corrected chi connectivity index (χ1v) is 6.01. The molecule has 0 fully saturated rings. The Morgan fingerprint density at radius 3 is 2.95 bits per heavy atom. The van der Waals surface area contributed by atoms with Crippen LogP contribution >= 0.6 is 0 Å². The molecule has 3 aromatic rings. The predicted molar refractivity (Wildman–Crippen MR) is 71.7 cm³/mol. The highest BCUT2D eigenvalue weighted by molar-refractivity contribution is 5.96. The molecule has 1 amide bonds. The van der Waals surface area contributed by atoms with Crippen LogP contribution in [0.25, 0.3) is 11.3 Å². The number of aromatic amines is 1. The summed E-state index contributed by atoms with van der Waals surface area (Å²) >= 11 is 0. The van der Waals surface area contributed by atoms with Crippen LogP contribution in [0.15, 0.2) is 42.7 Å². The van der Waals surface area contributed by atoms with E-state index in [1.807, 2.05) is 41.2 Å². The monoisotopic (exact) mass is 268 g/mol. The largest absolute Gasteiger partial charge is 0.364 e. The quantitative estimate of drug-likeness (QED) is 0.731. The van der Waals surface area contributed by atoms with E-state index in [0.717, 1.165) is 11.1 Å². The minimum absolute atomic E-state index is 0.140. The van der Waals surface area contributed by atoms with Gasteiger partial charge in [0.1, 0.15) is 5.69 Å². The Balaban J connectivity index is 1.95. The van der Waals surface area contributed by atoms with E-state index >= 15 is 0 Å². The van der Waals surface area contributed by atoms with Crippen LogP contribution in [0, 0.1) is 0 Å². The fourth-order valence-corrected chi connectivity index (χ4v) is 2.00. The van der Waals surface area contributed by atoms with Crippen molar-refractivity contribution in [3.8, 4) is 11.3 Å². The van der Waals surface area contributed by atoms with E-state index < -0.39 is 5.91 Å². The number of hydrogen-bond acceptors (Lipinski definition) is 4. The first-order chi connectivity index (χ1) is 9.74. The number of carbonyl (C=O) groups excluding carboxylic acids is 1. The molecule has 0 aliphatic heterocycles. The number of benzene rings is 1. The van der Waals surface area contributed by atoms with Crippen molar-refractivity contribution in [3.63, 3.8) is 0 Å². The zero-order valence-electron chi connectivity index (χ0n) is 10.5. The molecule has 0 aliphatic carbocycles. The normalized spacial score (nSPS) is 10.6. The van der Waals surface area contributed by atoms with E-state index in [1.54, 1.807) is 6.20 Å². The van der Waals surface area contributed by atoms with Crippen LogP contribution in [0.3, 0.4) is 0 Å². The first kappa shape index (κ1) is 12.1. The number of carbonyl (C=O) groups is 1. The fraction of sp³-hybridized carbons (Fsp3) is 0.0769. The summed E-state index contributed by atoms with van der Waals surface area (Å²) in [6.45, 7) is 0.643. The van der Waals surface area contributed by atoms with Crippen molar-refractivity contribution in [1.29, 1.82) is 0 Å². The molecule has 2 aromatic heterocycles. The molecule has 100 valence electrons. The number of rotatable bonds is 4. The van der Waals surface area contributed by atoms with Crippen LogP contribution in [0.4, 0.5) is 0 Å². The van der Waals surface area contributed by atoms with Gasteiger partial charge in [0.25, 0.3) is 5.91 Å². The van der Waals surface area contributed by atoms with Crippen molar-refractivity contribution in [2.45, 2.75) is 6.54 Å². The number of primary amides is 1. The summed E-state index contributed by atoms with van der Waals surface area (Å²) in [5.74, 6) is -0.605. The van der Waals surface area contributed by atoms with Crippen LogP contribution < -0.4 is 5.73 Å². The Hall–Kier alpha value is -2.96. The summed E-state index contributed by atoms with van der Waals surface area (Å²) in [4.78, 5) is 11.3. The van der Waals surface area contributed by atoms with Crippen LogP contribution in [-0.4, -0.2) is 31.1 Å². The van der Waals surface area contributed by atoms with E-state index in [1.165, 1.54) is 0 Å². The van der Waals surface area contributed by atoms with Crippen molar-refractivity contribution in [2.24, 2.45) is 5.73 Å². The van der Waals surface area contributed by atoms with Crippen molar-refractivity contribution in [1.82, 2.24) is 25.2 Å². The van der Waals surface area contributed by atoms with Crippen LogP contribution in [0.1, 0.15) is 16.1 Å². The predicted octanol–water partition coefficient (Wildman–Crippen LogP) is 0.815. The minimum Gasteiger partial charge on any atom is -0.364 e. The molecule has 0 aliphatic rings. The molecule has 2 heterocycles. The molecule has 0 saturated carbocycles. The fourth-order valence-electron chi connectivity index (χ4n) is 2.00. The zero-order valence-corrected chi connectivity index (χ0v) is 10.5. The Morgan fingerprint density at radius 2 is 2.20 bits per heavy atom. The second-order valence-electron chi connectivity index (χ2n) is 4.29. The molecule has 0 spiro atoms. The number of amides is 1. The van der Waals surface area contributed by atoms with Gasteiger partial charge in [-0.05, 0) is 17.7 Å². The second kappa shape index (κ2) is 4.96. The summed E-state index contributed by atoms with van der Waals surface area (Å²) in [6, 6.07) is 9.54. The third-order valence-corrected chi connectivity index (χ3v) is 2.89. The third kappa shape index (κ3) is 2.28. The second-order valence-corrected chi connectivity index (χ2v) is 4.29. The topological polar surface area (TPSA) is 102 Å². The number of H-pyrrole nitrogens is 1. The highest BCUT2D eigenvalue weighted by Gasteiger charge is 2.15. The standard InChI is InChI=1S/C13H12N6O/c14-13(20)12-11(16-18-17-12)10-4-1-3-9(7-10)8-19-6-2-5-15-19/h1-7H,8H2,(H2,14,20)(H,16,17,18). The molecule has 0 saturated heterocycles. The average molecular weight is 268 g/mol. The Morgan fingerprint density at radius 1 is 1.30 bits per heavy atom. The Labute approximate surface area is 114 Å². The molecule has 3 N–H and O–H groups in total. The molecular formula is C13H12N6O. The molecule has 0 radical (unpaired) electrons. The van der Waals surface area contributed by atoms with Gasteiger partial charge in [-0.1, -0.05) is 18.2 Å². The van der Waals surface area contributed by atoms with Crippen molar-refractivity contribution in [3.05, 3.63) is 54.0 Å². The summed E-state index contributed by atoms with van der Waals surface area (Å²) in [5, 5.41) is 14.3. The molecule has 20 heavy (non-hydrogen) atoms. The van der Waals surface area contributed by atoms with Crippen LogP contribution in [0.5, 0.6) is 0 Å². The maximum absolute atomic E-state index is 11.3. The number of aromatic nitrogens is 5. The maximum Gasteiger partial charge on any atom is 0.271 e. The van der Waals surface area contributed by atoms with Gasteiger partial charge in [0, 0.05) is 18.0 Å². The summed E-state index contributed by atoms with van der Waals surface area (Å²) in [6.07, 6.45) is 3.62. The maximum atomic E-state index is 11.3. The molecule has 0 unspecified atom stereocenters. The summed E-state index contributed by atoms with van der Waals surface area (Å²) in [7, 11) is 0. The zero-order chi connectivity index (χ0) is 13.9. The van der Waals surface area contributed by atoms with Crippen LogP contribution in [-0.2, 0) is 6.54 Å². The highest BCUT2D eigenvalue weighted by Crippen LogP contribution is 2.20. The lowest BCUT2D eigenvalue weighted by Gasteiger charge is -2.04. The lowest BCUT2D eigenvalue weighted by molar-refractivity contribution is 0.0996. The molecule has 7 heteroatoms. The van der Waals surface area contributed by atoms with E-state index in [4.69, 9.17) is 5.73 Å². The van der Waals surface area contributed by atoms with Gasteiger partial charge in [0.15, 0.2) is 5.69 Å². The minimum atomic E-state index is -0.605. The smallest absolute Gasteiger partial charge is 0.271 e. The molecular weight excluding hydrogens is 256 g/mol. The van der Waals surface area contributed by atoms with E-state index in [0.29, 0.717) is 12.2 Å². The molecule has 0 bridgehead atoms. The van der Waals surface area contributed by atoms with Crippen LogP contribution in [0.2, 0.25) is 0 Å². The van der Waals surface area contributed by atoms with E-state index in [2.05, 4.69) is 20.5 Å². The number of nitrogens with zero attached hydrogens (tertiary/aromatic N) is 4. The molecule has 7 nitrogen and oxygen atoms in total. The number of nitrogens with two attached hydrogens (primary N) is 1.